The molecule has 0 bridgehead atoms. The average Bonchev–Trinajstić information content (AvgIpc) is 2.92. The van der Waals surface area contributed by atoms with Crippen LogP contribution in [0.15, 0.2) is 66.2 Å². The van der Waals surface area contributed by atoms with Crippen molar-refractivity contribution < 1.29 is 18.9 Å². The maximum Gasteiger partial charge on any atom is 1.00 e. The third-order valence-corrected chi connectivity index (χ3v) is 4.14. The van der Waals surface area contributed by atoms with Crippen molar-refractivity contribution >= 4 is 27.1 Å². The number of fused-ring (bicyclic) bond motifs is 3. The molecule has 0 N–H and O–H groups in total. The van der Waals surface area contributed by atoms with Gasteiger partial charge in [-0.2, -0.15) is 11.6 Å². The molecule has 0 aromatic heterocycles. The summed E-state index contributed by atoms with van der Waals surface area (Å²) in [6.45, 7) is 2.16. The molecule has 0 spiro atoms. The molecule has 0 aliphatic heterocycles. The zero-order valence-corrected chi connectivity index (χ0v) is 12.5. The van der Waals surface area contributed by atoms with Crippen LogP contribution >= 0.6 is 0 Å². The second kappa shape index (κ2) is 5.57. The summed E-state index contributed by atoms with van der Waals surface area (Å²) in [6, 6.07) is 19.6. The molecular weight excluding hydrogens is 247 g/mol. The molecule has 1 heteroatoms. The van der Waals surface area contributed by atoms with Crippen molar-refractivity contribution in [3.05, 3.63) is 77.9 Å². The summed E-state index contributed by atoms with van der Waals surface area (Å²) < 4.78 is 0. The molecule has 1 aliphatic rings. The summed E-state index contributed by atoms with van der Waals surface area (Å²) in [5.41, 5.74) is 3.94. The number of hydrogen-bond acceptors (Lipinski definition) is 0. The van der Waals surface area contributed by atoms with Crippen LogP contribution in [0.4, 0.5) is 0 Å². The molecule has 0 nitrogen and oxygen atoms in total. The molecule has 0 fully saturated rings. The maximum absolute atomic E-state index is 3.40. The van der Waals surface area contributed by atoms with E-state index in [0.717, 1.165) is 6.42 Å². The van der Waals surface area contributed by atoms with Crippen molar-refractivity contribution in [1.82, 2.24) is 0 Å². The molecule has 0 saturated heterocycles. The van der Waals surface area contributed by atoms with Crippen LogP contribution in [-0.4, -0.2) is 0 Å². The Kier molecular flexibility index (Phi) is 3.76. The van der Waals surface area contributed by atoms with E-state index in [1.165, 1.54) is 38.3 Å². The number of rotatable bonds is 1. The van der Waals surface area contributed by atoms with Crippen LogP contribution in [0.25, 0.3) is 27.1 Å². The van der Waals surface area contributed by atoms with E-state index in [1.807, 2.05) is 0 Å². The van der Waals surface area contributed by atoms with Gasteiger partial charge in [-0.05, 0) is 21.5 Å². The third kappa shape index (κ3) is 2.26. The first kappa shape index (κ1) is 14.2. The zero-order valence-electron chi connectivity index (χ0n) is 12.5. The molecule has 0 amide bonds. The van der Waals surface area contributed by atoms with Gasteiger partial charge in [-0.3, -0.25) is 6.08 Å². The Morgan fingerprint density at radius 1 is 0.857 bits per heavy atom. The van der Waals surface area contributed by atoms with Crippen molar-refractivity contribution in [2.75, 3.05) is 0 Å². The molecule has 21 heavy (non-hydrogen) atoms. The van der Waals surface area contributed by atoms with Crippen LogP contribution < -0.4 is 18.9 Å². The largest absolute Gasteiger partial charge is 1.00 e. The van der Waals surface area contributed by atoms with Crippen molar-refractivity contribution in [3.8, 4) is 0 Å². The van der Waals surface area contributed by atoms with Gasteiger partial charge in [0.2, 0.25) is 0 Å². The Bertz CT molecular complexity index is 885. The van der Waals surface area contributed by atoms with Crippen molar-refractivity contribution in [1.29, 1.82) is 0 Å². The Balaban J connectivity index is 0.00000132. The van der Waals surface area contributed by atoms with Crippen LogP contribution in [0, 0.1) is 6.08 Å². The van der Waals surface area contributed by atoms with Gasteiger partial charge in [-0.25, -0.2) is 5.57 Å². The van der Waals surface area contributed by atoms with Crippen molar-refractivity contribution in [2.45, 2.75) is 13.3 Å². The topological polar surface area (TPSA) is 0 Å². The third-order valence-electron chi connectivity index (χ3n) is 4.14. The van der Waals surface area contributed by atoms with Crippen molar-refractivity contribution in [3.63, 3.8) is 0 Å². The molecule has 1 aliphatic carbocycles. The summed E-state index contributed by atoms with van der Waals surface area (Å²) >= 11 is 0. The summed E-state index contributed by atoms with van der Waals surface area (Å²) in [6.07, 6.45) is 6.62. The maximum atomic E-state index is 3.40. The monoisotopic (exact) mass is 262 g/mol. The van der Waals surface area contributed by atoms with Crippen LogP contribution in [0.2, 0.25) is 0 Å². The minimum atomic E-state index is 0. The summed E-state index contributed by atoms with van der Waals surface area (Å²) in [7, 11) is 0. The number of hydrogen-bond donors (Lipinski definition) is 0. The molecule has 0 radical (unpaired) electrons. The van der Waals surface area contributed by atoms with Crippen LogP contribution in [0.5, 0.6) is 0 Å². The molecule has 0 atom stereocenters. The van der Waals surface area contributed by atoms with E-state index in [0.29, 0.717) is 0 Å². The Morgan fingerprint density at radius 2 is 1.52 bits per heavy atom. The van der Waals surface area contributed by atoms with E-state index in [-0.39, 0.29) is 18.9 Å². The van der Waals surface area contributed by atoms with Gasteiger partial charge in [0.1, 0.15) is 0 Å². The Morgan fingerprint density at radius 3 is 2.24 bits per heavy atom. The van der Waals surface area contributed by atoms with Gasteiger partial charge in [0.05, 0.1) is 0 Å². The summed E-state index contributed by atoms with van der Waals surface area (Å²) in [4.78, 5) is 0. The van der Waals surface area contributed by atoms with E-state index in [4.69, 9.17) is 0 Å². The van der Waals surface area contributed by atoms with Gasteiger partial charge >= 0.3 is 18.9 Å². The van der Waals surface area contributed by atoms with Crippen LogP contribution in [0.3, 0.4) is 0 Å². The fourth-order valence-corrected chi connectivity index (χ4v) is 3.14. The fourth-order valence-electron chi connectivity index (χ4n) is 3.14. The predicted octanol–water partition coefficient (Wildman–Crippen LogP) is 2.53. The minimum Gasteiger partial charge on any atom is -0.269 e. The average molecular weight is 262 g/mol. The molecule has 4 rings (SSSR count). The van der Waals surface area contributed by atoms with Crippen LogP contribution in [-0.2, 0) is 0 Å². The first-order valence-corrected chi connectivity index (χ1v) is 7.03. The predicted molar refractivity (Wildman–Crippen MR) is 86.5 cm³/mol. The van der Waals surface area contributed by atoms with Gasteiger partial charge in [0, 0.05) is 0 Å². The van der Waals surface area contributed by atoms with E-state index in [9.17, 15) is 0 Å². The van der Waals surface area contributed by atoms with Gasteiger partial charge in [0.25, 0.3) is 0 Å². The Hall–Kier alpha value is -1.74. The van der Waals surface area contributed by atoms with E-state index < -0.39 is 0 Å². The van der Waals surface area contributed by atoms with Gasteiger partial charge in [-0.1, -0.05) is 67.1 Å². The Labute approximate surface area is 137 Å². The standard InChI is InChI=1S/C20H15.Li/c1-14-7-6-12-16(14)20-13-15-8-2-3-9-17(15)18-10-4-5-11-19(18)20;/h2-5,8-13H,6H2,1H3;/q-1;+1. The quantitative estimate of drug-likeness (QED) is 0.359. The van der Waals surface area contributed by atoms with Gasteiger partial charge < -0.3 is 0 Å². The molecule has 3 aromatic rings. The number of allylic oxidation sites excluding steroid dienone is 4. The SMILES string of the molecule is CC1=[C-]CC=C1c1cc2ccccc2c2ccccc12.[Li+]. The van der Waals surface area contributed by atoms with E-state index in [1.54, 1.807) is 0 Å². The van der Waals surface area contributed by atoms with E-state index in [2.05, 4.69) is 73.7 Å². The van der Waals surface area contributed by atoms with E-state index >= 15 is 0 Å². The first-order valence-electron chi connectivity index (χ1n) is 7.03. The second-order valence-electron chi connectivity index (χ2n) is 5.31. The van der Waals surface area contributed by atoms with Crippen molar-refractivity contribution in [2.24, 2.45) is 0 Å². The normalized spacial score (nSPS) is 14.0. The molecule has 3 aromatic carbocycles. The summed E-state index contributed by atoms with van der Waals surface area (Å²) in [5.74, 6) is 0. The molecular formula is C20H15Li. The minimum absolute atomic E-state index is 0. The first-order chi connectivity index (χ1) is 9.84. The smallest absolute Gasteiger partial charge is 0.269 e. The summed E-state index contributed by atoms with van der Waals surface area (Å²) in [5, 5.41) is 5.31. The fraction of sp³-hybridized carbons (Fsp3) is 0.100. The molecule has 96 valence electrons. The molecule has 0 heterocycles. The van der Waals surface area contributed by atoms with Gasteiger partial charge in [-0.15, -0.1) is 6.42 Å². The van der Waals surface area contributed by atoms with Crippen LogP contribution in [0.1, 0.15) is 18.9 Å². The zero-order chi connectivity index (χ0) is 13.5. The molecule has 0 saturated carbocycles. The molecule has 0 unspecified atom stereocenters. The second-order valence-corrected chi connectivity index (χ2v) is 5.31. The van der Waals surface area contributed by atoms with Gasteiger partial charge in [0.15, 0.2) is 0 Å². The number of benzene rings is 3.